The second-order valence-electron chi connectivity index (χ2n) is 6.19. The van der Waals surface area contributed by atoms with E-state index in [9.17, 15) is 13.2 Å². The second-order valence-corrected chi connectivity index (χ2v) is 8.61. The Labute approximate surface area is 160 Å². The number of sulfonamides is 1. The fraction of sp³-hybridized carbons (Fsp3) is 0.316. The van der Waals surface area contributed by atoms with E-state index in [0.717, 1.165) is 23.8 Å². The lowest BCUT2D eigenvalue weighted by molar-refractivity contribution is -0.116. The summed E-state index contributed by atoms with van der Waals surface area (Å²) in [5, 5.41) is 3.33. The quantitative estimate of drug-likeness (QED) is 0.745. The van der Waals surface area contributed by atoms with E-state index in [4.69, 9.17) is 11.6 Å². The van der Waals surface area contributed by atoms with Gasteiger partial charge >= 0.3 is 0 Å². The Morgan fingerprint density at radius 1 is 1.15 bits per heavy atom. The fourth-order valence-corrected chi connectivity index (χ4v) is 3.62. The zero-order chi connectivity index (χ0) is 19.2. The molecule has 0 fully saturated rings. The molecule has 1 N–H and O–H groups in total. The zero-order valence-electron chi connectivity index (χ0n) is 14.9. The van der Waals surface area contributed by atoms with E-state index in [1.54, 1.807) is 18.2 Å². The number of halogens is 1. The summed E-state index contributed by atoms with van der Waals surface area (Å²) in [4.78, 5) is 12.3. The molecule has 0 saturated heterocycles. The topological polar surface area (TPSA) is 66.5 Å². The van der Waals surface area contributed by atoms with Crippen molar-refractivity contribution in [2.24, 2.45) is 0 Å². The van der Waals surface area contributed by atoms with Crippen LogP contribution in [0.15, 0.2) is 48.5 Å². The Morgan fingerprint density at radius 3 is 2.46 bits per heavy atom. The number of benzene rings is 2. The molecule has 0 spiro atoms. The van der Waals surface area contributed by atoms with Crippen molar-refractivity contribution in [3.05, 3.63) is 64.7 Å². The lowest BCUT2D eigenvalue weighted by atomic mass is 10.1. The van der Waals surface area contributed by atoms with Crippen LogP contribution in [0, 0.1) is 6.92 Å². The Morgan fingerprint density at radius 2 is 1.85 bits per heavy atom. The molecule has 0 aliphatic rings. The van der Waals surface area contributed by atoms with Crippen LogP contribution < -0.4 is 5.32 Å². The van der Waals surface area contributed by atoms with Crippen molar-refractivity contribution in [2.75, 3.05) is 24.7 Å². The average molecular weight is 395 g/mol. The highest BCUT2D eigenvalue weighted by atomic mass is 35.5. The fourth-order valence-electron chi connectivity index (χ4n) is 2.58. The first-order valence-corrected chi connectivity index (χ1v) is 10.5. The van der Waals surface area contributed by atoms with Gasteiger partial charge in [-0.25, -0.2) is 8.42 Å². The number of amides is 1. The van der Waals surface area contributed by atoms with Gasteiger partial charge in [0.1, 0.15) is 0 Å². The van der Waals surface area contributed by atoms with E-state index in [1.807, 2.05) is 37.3 Å². The SMILES string of the molecule is Cc1cc(Cl)ccc1NC(=O)CN(CCCc1ccccc1)S(C)(=O)=O. The van der Waals surface area contributed by atoms with Crippen LogP contribution in [-0.2, 0) is 21.2 Å². The van der Waals surface area contributed by atoms with E-state index in [1.165, 1.54) is 4.31 Å². The highest BCUT2D eigenvalue weighted by Gasteiger charge is 2.20. The van der Waals surface area contributed by atoms with Crippen LogP contribution in [0.3, 0.4) is 0 Å². The number of rotatable bonds is 8. The maximum atomic E-state index is 12.3. The largest absolute Gasteiger partial charge is 0.325 e. The van der Waals surface area contributed by atoms with Crippen molar-refractivity contribution in [1.82, 2.24) is 4.31 Å². The lowest BCUT2D eigenvalue weighted by Gasteiger charge is -2.20. The molecular weight excluding hydrogens is 372 g/mol. The van der Waals surface area contributed by atoms with Crippen LogP contribution in [0.25, 0.3) is 0 Å². The van der Waals surface area contributed by atoms with Gasteiger partial charge in [-0.05, 0) is 49.1 Å². The van der Waals surface area contributed by atoms with E-state index in [2.05, 4.69) is 5.32 Å². The molecule has 2 aromatic carbocycles. The smallest absolute Gasteiger partial charge is 0.239 e. The summed E-state index contributed by atoms with van der Waals surface area (Å²) in [7, 11) is -3.47. The van der Waals surface area contributed by atoms with Gasteiger partial charge in [0.25, 0.3) is 0 Å². The molecule has 140 valence electrons. The van der Waals surface area contributed by atoms with Gasteiger partial charge in [0, 0.05) is 17.3 Å². The zero-order valence-corrected chi connectivity index (χ0v) is 16.5. The predicted molar refractivity (Wildman–Crippen MR) is 106 cm³/mol. The summed E-state index contributed by atoms with van der Waals surface area (Å²) in [5.74, 6) is -0.374. The normalized spacial score (nSPS) is 11.5. The molecule has 0 aliphatic carbocycles. The maximum absolute atomic E-state index is 12.3. The first-order chi connectivity index (χ1) is 12.3. The van der Waals surface area contributed by atoms with Gasteiger partial charge in [-0.1, -0.05) is 41.9 Å². The highest BCUT2D eigenvalue weighted by Crippen LogP contribution is 2.19. The van der Waals surface area contributed by atoms with Crippen molar-refractivity contribution < 1.29 is 13.2 Å². The molecule has 0 aromatic heterocycles. The molecule has 0 bridgehead atoms. The number of carbonyl (C=O) groups excluding carboxylic acids is 1. The van der Waals surface area contributed by atoms with E-state index < -0.39 is 10.0 Å². The minimum Gasteiger partial charge on any atom is -0.325 e. The van der Waals surface area contributed by atoms with Gasteiger partial charge in [0.15, 0.2) is 0 Å². The summed E-state index contributed by atoms with van der Waals surface area (Å²) in [6, 6.07) is 15.0. The number of hydrogen-bond donors (Lipinski definition) is 1. The summed E-state index contributed by atoms with van der Waals surface area (Å²) >= 11 is 5.91. The Bertz CT molecular complexity index is 854. The van der Waals surface area contributed by atoms with Gasteiger partial charge in [-0.3, -0.25) is 4.79 Å². The molecular formula is C19H23ClN2O3S. The molecule has 0 saturated carbocycles. The Balaban J connectivity index is 1.95. The summed E-state index contributed by atoms with van der Waals surface area (Å²) < 4.78 is 25.2. The average Bonchev–Trinajstić information content (AvgIpc) is 2.56. The van der Waals surface area contributed by atoms with E-state index >= 15 is 0 Å². The Kier molecular flexibility index (Phi) is 7.20. The van der Waals surface area contributed by atoms with Gasteiger partial charge in [-0.2, -0.15) is 4.31 Å². The highest BCUT2D eigenvalue weighted by molar-refractivity contribution is 7.88. The van der Waals surface area contributed by atoms with Crippen molar-refractivity contribution in [1.29, 1.82) is 0 Å². The Hall–Kier alpha value is -1.89. The third kappa shape index (κ3) is 6.44. The van der Waals surface area contributed by atoms with E-state index in [0.29, 0.717) is 23.7 Å². The van der Waals surface area contributed by atoms with Gasteiger partial charge in [-0.15, -0.1) is 0 Å². The van der Waals surface area contributed by atoms with Gasteiger partial charge < -0.3 is 5.32 Å². The monoisotopic (exact) mass is 394 g/mol. The number of hydrogen-bond acceptors (Lipinski definition) is 3. The number of nitrogens with one attached hydrogen (secondary N) is 1. The molecule has 7 heteroatoms. The molecule has 0 heterocycles. The predicted octanol–water partition coefficient (Wildman–Crippen LogP) is 3.48. The van der Waals surface area contributed by atoms with Crippen molar-refractivity contribution >= 4 is 33.2 Å². The van der Waals surface area contributed by atoms with Crippen molar-refractivity contribution in [3.63, 3.8) is 0 Å². The lowest BCUT2D eigenvalue weighted by Crippen LogP contribution is -2.38. The van der Waals surface area contributed by atoms with Crippen molar-refractivity contribution in [3.8, 4) is 0 Å². The number of anilines is 1. The van der Waals surface area contributed by atoms with Crippen LogP contribution in [0.2, 0.25) is 5.02 Å². The number of nitrogens with zero attached hydrogens (tertiary/aromatic N) is 1. The third-order valence-electron chi connectivity index (χ3n) is 3.97. The van der Waals surface area contributed by atoms with Crippen LogP contribution >= 0.6 is 11.6 Å². The van der Waals surface area contributed by atoms with Crippen LogP contribution in [-0.4, -0.2) is 38.0 Å². The first kappa shape index (κ1) is 20.4. The molecule has 2 rings (SSSR count). The summed E-state index contributed by atoms with van der Waals surface area (Å²) in [6.07, 6.45) is 2.52. The molecule has 0 atom stereocenters. The summed E-state index contributed by atoms with van der Waals surface area (Å²) in [5.41, 5.74) is 2.58. The standard InChI is InChI=1S/C19H23ClN2O3S/c1-15-13-17(20)10-11-18(15)21-19(23)14-22(26(2,24)25)12-6-9-16-7-4-3-5-8-16/h3-5,7-8,10-11,13H,6,9,12,14H2,1-2H3,(H,21,23). The number of carbonyl (C=O) groups is 1. The molecule has 0 aliphatic heterocycles. The molecule has 2 aromatic rings. The molecule has 5 nitrogen and oxygen atoms in total. The van der Waals surface area contributed by atoms with Crippen LogP contribution in [0.5, 0.6) is 0 Å². The second kappa shape index (κ2) is 9.16. The van der Waals surface area contributed by atoms with Crippen LogP contribution in [0.1, 0.15) is 17.5 Å². The van der Waals surface area contributed by atoms with E-state index in [-0.39, 0.29) is 12.5 Å². The molecule has 26 heavy (non-hydrogen) atoms. The molecule has 1 amide bonds. The van der Waals surface area contributed by atoms with Gasteiger partial charge in [0.05, 0.1) is 12.8 Å². The van der Waals surface area contributed by atoms with Crippen molar-refractivity contribution in [2.45, 2.75) is 19.8 Å². The maximum Gasteiger partial charge on any atom is 0.239 e. The minimum absolute atomic E-state index is 0.213. The minimum atomic E-state index is -3.47. The summed E-state index contributed by atoms with van der Waals surface area (Å²) in [6.45, 7) is 1.91. The number of aryl methyl sites for hydroxylation is 2. The van der Waals surface area contributed by atoms with Gasteiger partial charge in [0.2, 0.25) is 15.9 Å². The van der Waals surface area contributed by atoms with Crippen LogP contribution in [0.4, 0.5) is 5.69 Å². The molecule has 0 radical (unpaired) electrons. The third-order valence-corrected chi connectivity index (χ3v) is 5.45. The first-order valence-electron chi connectivity index (χ1n) is 8.31. The molecule has 0 unspecified atom stereocenters.